The molecule has 0 aromatic carbocycles. The molecular weight excluding hydrogens is 174 g/mol. The first kappa shape index (κ1) is 14.3. The van der Waals surface area contributed by atoms with Gasteiger partial charge in [0.15, 0.2) is 0 Å². The number of ether oxygens (including phenoxy) is 1. The van der Waals surface area contributed by atoms with Gasteiger partial charge >= 0.3 is 12.1 Å². The highest BCUT2D eigenvalue weighted by molar-refractivity contribution is 5.69. The van der Waals surface area contributed by atoms with E-state index in [4.69, 9.17) is 5.11 Å². The van der Waals surface area contributed by atoms with Crippen LogP contribution in [0.3, 0.4) is 0 Å². The topological polar surface area (TPSA) is 66.8 Å². The first-order valence-electron chi connectivity index (χ1n) is 4.10. The smallest absolute Gasteiger partial charge is 0.409 e. The molecular formula is C8H17NO4. The minimum Gasteiger partial charge on any atom is -0.481 e. The highest BCUT2D eigenvalue weighted by Gasteiger charge is 2.04. The number of rotatable bonds is 3. The number of carbonyl (C=O) groups excluding carboxylic acids is 1. The molecule has 5 heteroatoms. The molecule has 0 aliphatic rings. The van der Waals surface area contributed by atoms with Crippen molar-refractivity contribution in [2.45, 2.75) is 20.3 Å². The highest BCUT2D eigenvalue weighted by atomic mass is 16.6. The van der Waals surface area contributed by atoms with Crippen molar-refractivity contribution in [1.82, 2.24) is 4.90 Å². The van der Waals surface area contributed by atoms with E-state index in [9.17, 15) is 9.59 Å². The Kier molecular flexibility index (Phi) is 9.70. The van der Waals surface area contributed by atoms with E-state index in [0.29, 0.717) is 0 Å². The molecule has 0 heterocycles. The summed E-state index contributed by atoms with van der Waals surface area (Å²) in [5.74, 6) is -0.975. The largest absolute Gasteiger partial charge is 0.481 e. The summed E-state index contributed by atoms with van der Waals surface area (Å²) in [4.78, 5) is 21.8. The Morgan fingerprint density at radius 3 is 2.08 bits per heavy atom. The van der Waals surface area contributed by atoms with Crippen LogP contribution in [0.1, 0.15) is 20.3 Å². The van der Waals surface area contributed by atoms with Crippen LogP contribution in [0.2, 0.25) is 0 Å². The lowest BCUT2D eigenvalue weighted by Crippen LogP contribution is -2.23. The van der Waals surface area contributed by atoms with Crippen molar-refractivity contribution in [3.8, 4) is 0 Å². The third-order valence-electron chi connectivity index (χ3n) is 0.907. The number of hydrogen-bond donors (Lipinski definition) is 1. The van der Waals surface area contributed by atoms with E-state index >= 15 is 0 Å². The summed E-state index contributed by atoms with van der Waals surface area (Å²) < 4.78 is 4.52. The number of amides is 1. The maximum atomic E-state index is 10.6. The van der Waals surface area contributed by atoms with Crippen LogP contribution in [0.4, 0.5) is 4.79 Å². The Morgan fingerprint density at radius 1 is 1.31 bits per heavy atom. The van der Waals surface area contributed by atoms with Gasteiger partial charge in [0.2, 0.25) is 0 Å². The van der Waals surface area contributed by atoms with Crippen LogP contribution in [-0.2, 0) is 9.53 Å². The summed E-state index contributed by atoms with van der Waals surface area (Å²) in [6.45, 7) is 3.92. The molecule has 0 bridgehead atoms. The zero-order chi connectivity index (χ0) is 10.9. The number of nitrogens with zero attached hydrogens (tertiary/aromatic N) is 1. The molecule has 78 valence electrons. The molecule has 0 saturated carbocycles. The van der Waals surface area contributed by atoms with Gasteiger partial charge in [-0.3, -0.25) is 4.79 Å². The Labute approximate surface area is 78.3 Å². The summed E-state index contributed by atoms with van der Waals surface area (Å²) in [5, 5.41) is 8.16. The standard InChI is InChI=1S/C6H11NO4.C2H6/c1-7(2)6(10)11-4-3-5(8)9;1-2/h3-4H2,1-2H3,(H,8,9);1-2H3. The molecule has 0 aromatic heterocycles. The summed E-state index contributed by atoms with van der Waals surface area (Å²) in [5.41, 5.74) is 0. The number of aliphatic carboxylic acids is 1. The van der Waals surface area contributed by atoms with Gasteiger partial charge in [-0.05, 0) is 0 Å². The van der Waals surface area contributed by atoms with Gasteiger partial charge in [-0.25, -0.2) is 4.79 Å². The van der Waals surface area contributed by atoms with Crippen molar-refractivity contribution in [1.29, 1.82) is 0 Å². The van der Waals surface area contributed by atoms with Gasteiger partial charge in [0.1, 0.15) is 6.61 Å². The molecule has 0 rings (SSSR count). The van der Waals surface area contributed by atoms with Crippen molar-refractivity contribution in [3.05, 3.63) is 0 Å². The van der Waals surface area contributed by atoms with Crippen LogP contribution in [-0.4, -0.2) is 42.8 Å². The highest BCUT2D eigenvalue weighted by Crippen LogP contribution is 1.88. The van der Waals surface area contributed by atoms with Gasteiger partial charge in [-0.15, -0.1) is 0 Å². The number of carboxylic acids is 1. The first-order valence-corrected chi connectivity index (χ1v) is 4.10. The first-order chi connectivity index (χ1) is 6.04. The van der Waals surface area contributed by atoms with Gasteiger partial charge in [-0.1, -0.05) is 13.8 Å². The van der Waals surface area contributed by atoms with Crippen molar-refractivity contribution < 1.29 is 19.4 Å². The van der Waals surface area contributed by atoms with Gasteiger partial charge in [0.25, 0.3) is 0 Å². The minimum absolute atomic E-state index is 0.0770. The Hall–Kier alpha value is -1.26. The molecule has 0 saturated heterocycles. The quantitative estimate of drug-likeness (QED) is 0.727. The lowest BCUT2D eigenvalue weighted by molar-refractivity contribution is -0.137. The van der Waals surface area contributed by atoms with Crippen LogP contribution < -0.4 is 0 Å². The van der Waals surface area contributed by atoms with Crippen LogP contribution >= 0.6 is 0 Å². The van der Waals surface area contributed by atoms with Crippen molar-refractivity contribution in [2.75, 3.05) is 20.7 Å². The number of hydrogen-bond acceptors (Lipinski definition) is 3. The van der Waals surface area contributed by atoms with Crippen LogP contribution in [0.5, 0.6) is 0 Å². The number of carbonyl (C=O) groups is 2. The molecule has 1 amide bonds. The molecule has 0 aliphatic heterocycles. The molecule has 1 N–H and O–H groups in total. The molecule has 0 spiro atoms. The molecule has 0 radical (unpaired) electrons. The Balaban J connectivity index is 0. The molecule has 0 unspecified atom stereocenters. The van der Waals surface area contributed by atoms with Gasteiger partial charge in [0, 0.05) is 14.1 Å². The zero-order valence-electron chi connectivity index (χ0n) is 8.53. The van der Waals surface area contributed by atoms with Crippen molar-refractivity contribution >= 4 is 12.1 Å². The van der Waals surface area contributed by atoms with E-state index in [1.54, 1.807) is 0 Å². The van der Waals surface area contributed by atoms with E-state index in [0.717, 1.165) is 0 Å². The van der Waals surface area contributed by atoms with E-state index in [1.165, 1.54) is 19.0 Å². The lowest BCUT2D eigenvalue weighted by atomic mass is 10.5. The van der Waals surface area contributed by atoms with Crippen LogP contribution in [0.15, 0.2) is 0 Å². The minimum atomic E-state index is -0.975. The van der Waals surface area contributed by atoms with Crippen LogP contribution in [0, 0.1) is 0 Å². The van der Waals surface area contributed by atoms with Gasteiger partial charge < -0.3 is 14.7 Å². The van der Waals surface area contributed by atoms with Crippen LogP contribution in [0.25, 0.3) is 0 Å². The fraction of sp³-hybridized carbons (Fsp3) is 0.750. The molecule has 13 heavy (non-hydrogen) atoms. The van der Waals surface area contributed by atoms with E-state index < -0.39 is 12.1 Å². The van der Waals surface area contributed by atoms with E-state index in [2.05, 4.69) is 4.74 Å². The maximum absolute atomic E-state index is 10.6. The SMILES string of the molecule is CC.CN(C)C(=O)OCCC(=O)O. The Morgan fingerprint density at radius 2 is 1.77 bits per heavy atom. The van der Waals surface area contributed by atoms with E-state index in [-0.39, 0.29) is 13.0 Å². The second-order valence-corrected chi connectivity index (χ2v) is 2.15. The van der Waals surface area contributed by atoms with Gasteiger partial charge in [-0.2, -0.15) is 0 Å². The fourth-order valence-corrected chi connectivity index (χ4v) is 0.355. The molecule has 0 fully saturated rings. The second kappa shape index (κ2) is 8.83. The summed E-state index contributed by atoms with van der Waals surface area (Å²) in [6, 6.07) is 0. The molecule has 5 nitrogen and oxygen atoms in total. The van der Waals surface area contributed by atoms with Crippen molar-refractivity contribution in [3.63, 3.8) is 0 Å². The summed E-state index contributed by atoms with van der Waals surface area (Å²) >= 11 is 0. The lowest BCUT2D eigenvalue weighted by Gasteiger charge is -2.09. The fourth-order valence-electron chi connectivity index (χ4n) is 0.355. The maximum Gasteiger partial charge on any atom is 0.409 e. The normalized spacial score (nSPS) is 8.00. The summed E-state index contributed by atoms with van der Waals surface area (Å²) in [7, 11) is 3.06. The predicted octanol–water partition coefficient (Wildman–Crippen LogP) is 1.19. The zero-order valence-corrected chi connectivity index (χ0v) is 8.53. The molecule has 0 aliphatic carbocycles. The predicted molar refractivity (Wildman–Crippen MR) is 48.6 cm³/mol. The summed E-state index contributed by atoms with van der Waals surface area (Å²) in [6.07, 6.45) is -0.675. The second-order valence-electron chi connectivity index (χ2n) is 2.15. The molecule has 0 aromatic rings. The average Bonchev–Trinajstić information content (AvgIpc) is 2.07. The average molecular weight is 191 g/mol. The van der Waals surface area contributed by atoms with Crippen molar-refractivity contribution in [2.24, 2.45) is 0 Å². The third-order valence-corrected chi connectivity index (χ3v) is 0.907. The van der Waals surface area contributed by atoms with E-state index in [1.807, 2.05) is 13.8 Å². The molecule has 0 atom stereocenters. The van der Waals surface area contributed by atoms with Gasteiger partial charge in [0.05, 0.1) is 6.42 Å². The monoisotopic (exact) mass is 191 g/mol. The Bertz CT molecular complexity index is 156. The third kappa shape index (κ3) is 10.7. The number of carboxylic acid groups (broad SMARTS) is 1.